The van der Waals surface area contributed by atoms with Gasteiger partial charge in [0, 0.05) is 6.07 Å². The predicted molar refractivity (Wildman–Crippen MR) is 172 cm³/mol. The highest BCUT2D eigenvalue weighted by Crippen LogP contribution is 2.42. The van der Waals surface area contributed by atoms with E-state index in [-0.39, 0.29) is 35.6 Å². The lowest BCUT2D eigenvalue weighted by atomic mass is 10.0. The molecule has 53 heavy (non-hydrogen) atoms. The molecule has 0 aliphatic rings. The van der Waals surface area contributed by atoms with Crippen molar-refractivity contribution in [2.45, 2.75) is 29.5 Å². The van der Waals surface area contributed by atoms with Gasteiger partial charge in [0.15, 0.2) is 11.9 Å². The minimum absolute atomic E-state index is 0.0527. The summed E-state index contributed by atoms with van der Waals surface area (Å²) in [7, 11) is -4.25. The zero-order valence-electron chi connectivity index (χ0n) is 26.8. The largest absolute Gasteiger partial charge is 0.497 e. The third-order valence-corrected chi connectivity index (χ3v) is 8.83. The van der Waals surface area contributed by atoms with Crippen molar-refractivity contribution < 1.29 is 66.9 Å². The molecule has 0 unspecified atom stereocenters. The quantitative estimate of drug-likeness (QED) is 0.112. The van der Waals surface area contributed by atoms with Crippen LogP contribution in [0.3, 0.4) is 0 Å². The molecule has 7 nitrogen and oxygen atoms in total. The van der Waals surface area contributed by atoms with Crippen molar-refractivity contribution in [2.75, 3.05) is 11.8 Å². The van der Waals surface area contributed by atoms with E-state index in [1.54, 1.807) is 65.4 Å². The summed E-state index contributed by atoms with van der Waals surface area (Å²) in [6.07, 6.45) is -16.9. The van der Waals surface area contributed by atoms with E-state index in [0.717, 1.165) is 6.07 Å². The van der Waals surface area contributed by atoms with E-state index < -0.39 is 79.4 Å². The van der Waals surface area contributed by atoms with Crippen LogP contribution in [0.5, 0.6) is 17.2 Å². The second kappa shape index (κ2) is 14.7. The number of hydrogen-bond donors (Lipinski definition) is 1. The normalized spacial score (nSPS) is 12.4. The first-order valence-electron chi connectivity index (χ1n) is 15.0. The number of nitrogens with one attached hydrogen (secondary N) is 1. The average Bonchev–Trinajstić information content (AvgIpc) is 3.10. The van der Waals surface area contributed by atoms with E-state index in [2.05, 4.69) is 0 Å². The monoisotopic (exact) mass is 769 g/mol. The molecule has 17 heteroatoms. The topological polar surface area (TPSA) is 90.9 Å². The van der Waals surface area contributed by atoms with Gasteiger partial charge in [0.2, 0.25) is 0 Å². The van der Waals surface area contributed by atoms with Gasteiger partial charge in [-0.25, -0.2) is 13.2 Å². The van der Waals surface area contributed by atoms with Crippen LogP contribution in [0.2, 0.25) is 0 Å². The Labute approximate surface area is 295 Å². The fourth-order valence-corrected chi connectivity index (χ4v) is 6.05. The number of esters is 1. The summed E-state index contributed by atoms with van der Waals surface area (Å²) in [5.74, 6) is -2.14. The Morgan fingerprint density at radius 3 is 1.64 bits per heavy atom. The first-order valence-corrected chi connectivity index (χ1v) is 16.4. The molecule has 0 radical (unpaired) electrons. The maximum atomic E-state index is 13.8. The summed E-state index contributed by atoms with van der Waals surface area (Å²) in [5.41, 5.74) is -5.71. The SMILES string of the molecule is COc1ccc(C(=O)OC(c2ccccc2)c2ccccc2)c(Oc2ccc(C(F)(F)F)cc2NS(=O)(=O)c2cc(C(F)(F)F)cc(C(F)(F)F)c2)c1. The van der Waals surface area contributed by atoms with Crippen molar-refractivity contribution in [1.29, 1.82) is 0 Å². The van der Waals surface area contributed by atoms with Gasteiger partial charge >= 0.3 is 24.5 Å². The molecule has 5 aromatic carbocycles. The van der Waals surface area contributed by atoms with Gasteiger partial charge in [-0.3, -0.25) is 4.72 Å². The first-order chi connectivity index (χ1) is 24.8. The number of benzene rings is 5. The second-order valence-corrected chi connectivity index (χ2v) is 12.8. The molecule has 0 aliphatic heterocycles. The van der Waals surface area contributed by atoms with E-state index in [9.17, 15) is 52.7 Å². The van der Waals surface area contributed by atoms with Crippen LogP contribution in [-0.2, 0) is 33.3 Å². The number of anilines is 1. The number of ether oxygens (including phenoxy) is 3. The number of rotatable bonds is 10. The molecule has 0 bridgehead atoms. The number of methoxy groups -OCH3 is 1. The van der Waals surface area contributed by atoms with Gasteiger partial charge in [-0.2, -0.15) is 39.5 Å². The molecule has 0 saturated heterocycles. The van der Waals surface area contributed by atoms with E-state index in [0.29, 0.717) is 23.3 Å². The molecule has 5 aromatic rings. The molecule has 0 aliphatic carbocycles. The summed E-state index contributed by atoms with van der Waals surface area (Å²) in [5, 5.41) is 0. The van der Waals surface area contributed by atoms with E-state index >= 15 is 0 Å². The summed E-state index contributed by atoms with van der Waals surface area (Å²) >= 11 is 0. The number of carbonyl (C=O) groups excluding carboxylic acids is 1. The van der Waals surface area contributed by atoms with Crippen LogP contribution in [0.25, 0.3) is 0 Å². The summed E-state index contributed by atoms with van der Waals surface area (Å²) in [4.78, 5) is 12.2. The van der Waals surface area contributed by atoms with Crippen molar-refractivity contribution in [3.8, 4) is 17.2 Å². The molecular formula is C36H24F9NO6S. The van der Waals surface area contributed by atoms with Crippen LogP contribution >= 0.6 is 0 Å². The molecule has 0 saturated carbocycles. The minimum Gasteiger partial charge on any atom is -0.497 e. The van der Waals surface area contributed by atoms with Gasteiger partial charge in [0.25, 0.3) is 10.0 Å². The summed E-state index contributed by atoms with van der Waals surface area (Å²) in [6.45, 7) is 0. The van der Waals surface area contributed by atoms with E-state index in [4.69, 9.17) is 14.2 Å². The van der Waals surface area contributed by atoms with Gasteiger partial charge in [-0.15, -0.1) is 0 Å². The average molecular weight is 770 g/mol. The Bertz CT molecular complexity index is 2140. The van der Waals surface area contributed by atoms with Crippen LogP contribution in [0.1, 0.15) is 44.3 Å². The molecule has 0 heterocycles. The second-order valence-electron chi connectivity index (χ2n) is 11.1. The van der Waals surface area contributed by atoms with Crippen molar-refractivity contribution in [1.82, 2.24) is 0 Å². The third kappa shape index (κ3) is 9.21. The van der Waals surface area contributed by atoms with Crippen molar-refractivity contribution >= 4 is 21.7 Å². The Hall–Kier alpha value is -5.71. The highest BCUT2D eigenvalue weighted by atomic mass is 32.2. The third-order valence-electron chi connectivity index (χ3n) is 7.48. The van der Waals surface area contributed by atoms with Gasteiger partial charge in [0.1, 0.15) is 17.1 Å². The first kappa shape index (κ1) is 38.5. The lowest BCUT2D eigenvalue weighted by molar-refractivity contribution is -0.143. The number of sulfonamides is 1. The summed E-state index contributed by atoms with van der Waals surface area (Å²) < 4.78 is 167. The Morgan fingerprint density at radius 1 is 0.623 bits per heavy atom. The zero-order chi connectivity index (χ0) is 38.8. The lowest BCUT2D eigenvalue weighted by Crippen LogP contribution is -2.18. The smallest absolute Gasteiger partial charge is 0.416 e. The van der Waals surface area contributed by atoms with Gasteiger partial charge in [-0.05, 0) is 59.7 Å². The molecule has 0 aromatic heterocycles. The highest BCUT2D eigenvalue weighted by Gasteiger charge is 2.39. The number of carbonyl (C=O) groups is 1. The van der Waals surface area contributed by atoms with Crippen LogP contribution in [0.4, 0.5) is 45.2 Å². The van der Waals surface area contributed by atoms with Crippen LogP contribution < -0.4 is 14.2 Å². The van der Waals surface area contributed by atoms with E-state index in [1.807, 2.05) is 0 Å². The molecule has 5 rings (SSSR count). The lowest BCUT2D eigenvalue weighted by Gasteiger charge is -2.21. The highest BCUT2D eigenvalue weighted by molar-refractivity contribution is 7.92. The molecule has 0 atom stereocenters. The molecule has 278 valence electrons. The van der Waals surface area contributed by atoms with Crippen molar-refractivity contribution in [2.24, 2.45) is 0 Å². The molecule has 0 amide bonds. The number of alkyl halides is 9. The zero-order valence-corrected chi connectivity index (χ0v) is 27.6. The maximum Gasteiger partial charge on any atom is 0.416 e. The Morgan fingerprint density at radius 2 is 1.15 bits per heavy atom. The predicted octanol–water partition coefficient (Wildman–Crippen LogP) is 10.3. The summed E-state index contributed by atoms with van der Waals surface area (Å²) in [6, 6.07) is 21.5. The Kier molecular flexibility index (Phi) is 10.7. The van der Waals surface area contributed by atoms with Gasteiger partial charge in [0.05, 0.1) is 34.4 Å². The fourth-order valence-electron chi connectivity index (χ4n) is 4.92. The number of hydrogen-bond acceptors (Lipinski definition) is 6. The molecule has 1 N–H and O–H groups in total. The minimum atomic E-state index is -5.49. The standard InChI is InChI=1S/C36H24F9NO6S/c1-50-26-13-14-28(33(47)52-32(21-8-4-2-5-9-21)22-10-6-3-7-11-22)31(20-26)51-30-15-12-23(34(37,38)39)19-29(30)46-53(48,49)27-17-24(35(40,41)42)16-25(18-27)36(43,44)45/h2-20,32,46H,1H3. The maximum absolute atomic E-state index is 13.8. The molecular weight excluding hydrogens is 745 g/mol. The van der Waals surface area contributed by atoms with Crippen molar-refractivity contribution in [3.05, 3.63) is 149 Å². The van der Waals surface area contributed by atoms with Crippen LogP contribution in [0, 0.1) is 0 Å². The Balaban J connectivity index is 1.58. The van der Waals surface area contributed by atoms with E-state index in [1.165, 1.54) is 19.2 Å². The van der Waals surface area contributed by atoms with Gasteiger partial charge in [-0.1, -0.05) is 60.7 Å². The van der Waals surface area contributed by atoms with Crippen LogP contribution in [-0.4, -0.2) is 21.5 Å². The van der Waals surface area contributed by atoms with Crippen molar-refractivity contribution in [3.63, 3.8) is 0 Å². The van der Waals surface area contributed by atoms with Crippen LogP contribution in [0.15, 0.2) is 120 Å². The molecule has 0 spiro atoms. The molecule has 0 fully saturated rings. The fraction of sp³-hybridized carbons (Fsp3) is 0.139. The van der Waals surface area contributed by atoms with Gasteiger partial charge < -0.3 is 14.2 Å². The number of halogens is 9.